The minimum atomic E-state index is -0.486. The Hall–Kier alpha value is -2.37. The topological polar surface area (TPSA) is 86.9 Å². The van der Waals surface area contributed by atoms with Crippen molar-refractivity contribution < 1.29 is 9.59 Å². The lowest BCUT2D eigenvalue weighted by molar-refractivity contribution is -0.132. The molecule has 6 nitrogen and oxygen atoms in total. The Morgan fingerprint density at radius 2 is 2.09 bits per heavy atom. The molecule has 0 bridgehead atoms. The van der Waals surface area contributed by atoms with Crippen molar-refractivity contribution in [3.8, 4) is 0 Å². The zero-order chi connectivity index (χ0) is 16.3. The van der Waals surface area contributed by atoms with Crippen LogP contribution in [0.3, 0.4) is 0 Å². The van der Waals surface area contributed by atoms with Crippen molar-refractivity contribution in [3.05, 3.63) is 35.1 Å². The number of amides is 2. The van der Waals surface area contributed by atoms with Crippen LogP contribution in [0, 0.1) is 5.92 Å². The Morgan fingerprint density at radius 1 is 1.36 bits per heavy atom. The molecule has 2 amide bonds. The maximum atomic E-state index is 12.0. The second-order valence-electron chi connectivity index (χ2n) is 6.01. The van der Waals surface area contributed by atoms with E-state index < -0.39 is 6.04 Å². The number of aromatic amines is 1. The summed E-state index contributed by atoms with van der Waals surface area (Å²) in [5.41, 5.74) is 2.14. The molecule has 1 saturated heterocycles. The van der Waals surface area contributed by atoms with Gasteiger partial charge in [-0.15, -0.1) is 0 Å². The lowest BCUT2D eigenvalue weighted by Gasteiger charge is -2.27. The van der Waals surface area contributed by atoms with Crippen LogP contribution in [0.25, 0.3) is 6.08 Å². The third-order valence-electron chi connectivity index (χ3n) is 3.39. The van der Waals surface area contributed by atoms with Gasteiger partial charge in [0.2, 0.25) is 5.91 Å². The SMILES string of the molecule is CC(C)=CCc1ncc(C=C2NC(=O)C(C(C)C)NC2=O)[nH]1. The van der Waals surface area contributed by atoms with Gasteiger partial charge >= 0.3 is 0 Å². The fourth-order valence-corrected chi connectivity index (χ4v) is 2.13. The van der Waals surface area contributed by atoms with Gasteiger partial charge in [0.1, 0.15) is 17.6 Å². The number of nitrogens with one attached hydrogen (secondary N) is 3. The first kappa shape index (κ1) is 16.0. The molecule has 1 atom stereocenters. The van der Waals surface area contributed by atoms with E-state index >= 15 is 0 Å². The van der Waals surface area contributed by atoms with Crippen LogP contribution in [0.1, 0.15) is 39.2 Å². The minimum absolute atomic E-state index is 0.0494. The van der Waals surface area contributed by atoms with Crippen LogP contribution in [-0.2, 0) is 16.0 Å². The van der Waals surface area contributed by atoms with Gasteiger partial charge in [-0.1, -0.05) is 25.5 Å². The van der Waals surface area contributed by atoms with Gasteiger partial charge in [-0.05, 0) is 25.8 Å². The number of rotatable bonds is 4. The van der Waals surface area contributed by atoms with E-state index in [9.17, 15) is 9.59 Å². The molecule has 0 aromatic carbocycles. The quantitative estimate of drug-likeness (QED) is 0.582. The van der Waals surface area contributed by atoms with Crippen LogP contribution in [-0.4, -0.2) is 27.8 Å². The van der Waals surface area contributed by atoms with E-state index in [1.54, 1.807) is 12.3 Å². The van der Waals surface area contributed by atoms with E-state index in [-0.39, 0.29) is 23.4 Å². The van der Waals surface area contributed by atoms with E-state index in [1.165, 1.54) is 5.57 Å². The van der Waals surface area contributed by atoms with Crippen molar-refractivity contribution in [2.45, 2.75) is 40.2 Å². The molecule has 0 spiro atoms. The third kappa shape index (κ3) is 3.84. The van der Waals surface area contributed by atoms with Crippen molar-refractivity contribution in [1.82, 2.24) is 20.6 Å². The third-order valence-corrected chi connectivity index (χ3v) is 3.39. The van der Waals surface area contributed by atoms with E-state index in [2.05, 4.69) is 26.7 Å². The monoisotopic (exact) mass is 302 g/mol. The zero-order valence-corrected chi connectivity index (χ0v) is 13.4. The molecule has 1 aromatic heterocycles. The van der Waals surface area contributed by atoms with Crippen LogP contribution in [0.4, 0.5) is 0 Å². The molecular formula is C16H22N4O2. The Morgan fingerprint density at radius 3 is 2.73 bits per heavy atom. The minimum Gasteiger partial charge on any atom is -0.342 e. The fourth-order valence-electron chi connectivity index (χ4n) is 2.13. The Balaban J connectivity index is 2.11. The highest BCUT2D eigenvalue weighted by Crippen LogP contribution is 2.11. The second kappa shape index (κ2) is 6.60. The molecule has 118 valence electrons. The molecule has 1 unspecified atom stereocenters. The molecule has 0 aliphatic carbocycles. The maximum Gasteiger partial charge on any atom is 0.268 e. The largest absolute Gasteiger partial charge is 0.342 e. The molecule has 6 heteroatoms. The molecule has 1 aliphatic rings. The average molecular weight is 302 g/mol. The van der Waals surface area contributed by atoms with Crippen molar-refractivity contribution in [1.29, 1.82) is 0 Å². The summed E-state index contributed by atoms with van der Waals surface area (Å²) in [5.74, 6) is 0.396. The molecule has 3 N–H and O–H groups in total. The predicted octanol–water partition coefficient (Wildman–Crippen LogP) is 1.53. The van der Waals surface area contributed by atoms with Gasteiger partial charge in [0.25, 0.3) is 5.91 Å². The number of nitrogens with zero attached hydrogens (tertiary/aromatic N) is 1. The first-order valence-electron chi connectivity index (χ1n) is 7.37. The van der Waals surface area contributed by atoms with Gasteiger partial charge < -0.3 is 15.6 Å². The van der Waals surface area contributed by atoms with Crippen LogP contribution in [0.2, 0.25) is 0 Å². The van der Waals surface area contributed by atoms with Crippen LogP contribution >= 0.6 is 0 Å². The van der Waals surface area contributed by atoms with E-state index in [0.29, 0.717) is 12.1 Å². The van der Waals surface area contributed by atoms with Crippen LogP contribution in [0.15, 0.2) is 23.5 Å². The molecule has 1 fully saturated rings. The number of hydrogen-bond acceptors (Lipinski definition) is 3. The molecule has 2 heterocycles. The van der Waals surface area contributed by atoms with Crippen LogP contribution < -0.4 is 10.6 Å². The van der Waals surface area contributed by atoms with Crippen LogP contribution in [0.5, 0.6) is 0 Å². The highest BCUT2D eigenvalue weighted by Gasteiger charge is 2.31. The summed E-state index contributed by atoms with van der Waals surface area (Å²) >= 11 is 0. The van der Waals surface area contributed by atoms with E-state index in [4.69, 9.17) is 0 Å². The zero-order valence-electron chi connectivity index (χ0n) is 13.4. The van der Waals surface area contributed by atoms with Gasteiger partial charge in [-0.2, -0.15) is 0 Å². The smallest absolute Gasteiger partial charge is 0.268 e. The summed E-state index contributed by atoms with van der Waals surface area (Å²) in [6.07, 6.45) is 6.02. The summed E-state index contributed by atoms with van der Waals surface area (Å²) < 4.78 is 0. The maximum absolute atomic E-state index is 12.0. The first-order valence-corrected chi connectivity index (χ1v) is 7.37. The number of piperazine rings is 1. The normalized spacial score (nSPS) is 20.0. The van der Waals surface area contributed by atoms with E-state index in [1.807, 2.05) is 27.7 Å². The lowest BCUT2D eigenvalue weighted by Crippen LogP contribution is -2.56. The molecular weight excluding hydrogens is 280 g/mol. The standard InChI is InChI=1S/C16H22N4O2/c1-9(2)5-6-13-17-8-11(18-13)7-12-15(21)20-14(10(3)4)16(22)19-12/h5,7-8,10,14H,6H2,1-4H3,(H,17,18)(H,19,22)(H,20,21). The van der Waals surface area contributed by atoms with Gasteiger partial charge in [0, 0.05) is 6.42 Å². The second-order valence-corrected chi connectivity index (χ2v) is 6.01. The van der Waals surface area contributed by atoms with Gasteiger partial charge in [0.15, 0.2) is 0 Å². The molecule has 2 rings (SSSR count). The van der Waals surface area contributed by atoms with Crippen molar-refractivity contribution in [2.24, 2.45) is 5.92 Å². The molecule has 1 aliphatic heterocycles. The summed E-state index contributed by atoms with van der Waals surface area (Å²) in [4.78, 5) is 31.4. The summed E-state index contributed by atoms with van der Waals surface area (Å²) in [6, 6.07) is -0.486. The van der Waals surface area contributed by atoms with Gasteiger partial charge in [-0.25, -0.2) is 4.98 Å². The number of H-pyrrole nitrogens is 1. The summed E-state index contributed by atoms with van der Waals surface area (Å²) in [5, 5.41) is 5.38. The molecule has 1 aromatic rings. The number of carbonyl (C=O) groups is 2. The first-order chi connectivity index (χ1) is 10.4. The Kier molecular flexibility index (Phi) is 4.80. The van der Waals surface area contributed by atoms with Gasteiger partial charge in [-0.3, -0.25) is 9.59 Å². The number of aromatic nitrogens is 2. The highest BCUT2D eigenvalue weighted by atomic mass is 16.2. The molecule has 22 heavy (non-hydrogen) atoms. The summed E-state index contributed by atoms with van der Waals surface area (Å²) in [7, 11) is 0. The number of hydrogen-bond donors (Lipinski definition) is 3. The van der Waals surface area contributed by atoms with Crippen molar-refractivity contribution >= 4 is 17.9 Å². The summed E-state index contributed by atoms with van der Waals surface area (Å²) in [6.45, 7) is 7.84. The Labute approximate surface area is 130 Å². The fraction of sp³-hybridized carbons (Fsp3) is 0.438. The van der Waals surface area contributed by atoms with Crippen molar-refractivity contribution in [2.75, 3.05) is 0 Å². The number of carbonyl (C=O) groups excluding carboxylic acids is 2. The van der Waals surface area contributed by atoms with Gasteiger partial charge in [0.05, 0.1) is 11.9 Å². The predicted molar refractivity (Wildman–Crippen MR) is 84.6 cm³/mol. The lowest BCUT2D eigenvalue weighted by atomic mass is 10.0. The Bertz CT molecular complexity index is 636. The molecule has 0 radical (unpaired) electrons. The van der Waals surface area contributed by atoms with Crippen molar-refractivity contribution in [3.63, 3.8) is 0 Å². The number of imidazole rings is 1. The average Bonchev–Trinajstić information content (AvgIpc) is 2.87. The highest BCUT2D eigenvalue weighted by molar-refractivity contribution is 6.07. The van der Waals surface area contributed by atoms with E-state index in [0.717, 1.165) is 5.82 Å². The number of allylic oxidation sites excluding steroid dienone is 2. The molecule has 0 saturated carbocycles.